The maximum Gasteiger partial charge on any atom is 0.338 e. The minimum Gasteiger partial charge on any atom is -0.457 e. The molecule has 0 heterocycles. The minimum atomic E-state index is -0.278. The van der Waals surface area contributed by atoms with E-state index in [1.807, 2.05) is 36.4 Å². The predicted molar refractivity (Wildman–Crippen MR) is 107 cm³/mol. The molecule has 3 heteroatoms. The van der Waals surface area contributed by atoms with E-state index in [2.05, 4.69) is 63.5 Å². The van der Waals surface area contributed by atoms with Gasteiger partial charge >= 0.3 is 5.97 Å². The average Bonchev–Trinajstić information content (AvgIpc) is 2.52. The van der Waals surface area contributed by atoms with Gasteiger partial charge in [-0.05, 0) is 51.8 Å². The molecule has 0 amide bonds. The highest BCUT2D eigenvalue weighted by molar-refractivity contribution is 9.10. The molecule has 0 fully saturated rings. The summed E-state index contributed by atoms with van der Waals surface area (Å²) in [7, 11) is 0. The molecule has 0 saturated heterocycles. The molecule has 25 heavy (non-hydrogen) atoms. The summed E-state index contributed by atoms with van der Waals surface area (Å²) in [5.41, 5.74) is 3.84. The molecule has 0 radical (unpaired) electrons. The van der Waals surface area contributed by atoms with Gasteiger partial charge in [-0.15, -0.1) is 0 Å². The Kier molecular flexibility index (Phi) is 5.78. The van der Waals surface area contributed by atoms with Crippen LogP contribution in [-0.2, 0) is 22.2 Å². The Morgan fingerprint density at radius 1 is 0.880 bits per heavy atom. The van der Waals surface area contributed by atoms with Crippen molar-refractivity contribution in [2.24, 2.45) is 0 Å². The second-order valence-electron chi connectivity index (χ2n) is 8.50. The Morgan fingerprint density at radius 3 is 1.80 bits per heavy atom. The van der Waals surface area contributed by atoms with Gasteiger partial charge in [0.25, 0.3) is 0 Å². The van der Waals surface area contributed by atoms with Crippen LogP contribution >= 0.6 is 15.9 Å². The summed E-state index contributed by atoms with van der Waals surface area (Å²) in [5.74, 6) is -0.278. The maximum atomic E-state index is 12.6. The molecule has 0 aromatic heterocycles. The molecule has 134 valence electrons. The largest absolute Gasteiger partial charge is 0.457 e. The van der Waals surface area contributed by atoms with Crippen molar-refractivity contribution in [1.82, 2.24) is 0 Å². The zero-order chi connectivity index (χ0) is 18.8. The van der Waals surface area contributed by atoms with Crippen molar-refractivity contribution < 1.29 is 9.53 Å². The normalized spacial score (nSPS) is 12.1. The smallest absolute Gasteiger partial charge is 0.338 e. The molecule has 2 rings (SSSR count). The topological polar surface area (TPSA) is 26.3 Å². The summed E-state index contributed by atoms with van der Waals surface area (Å²) < 4.78 is 6.54. The summed E-state index contributed by atoms with van der Waals surface area (Å²) in [6.45, 7) is 13.2. The van der Waals surface area contributed by atoms with Gasteiger partial charge in [-0.3, -0.25) is 0 Å². The van der Waals surface area contributed by atoms with Crippen LogP contribution in [-0.4, -0.2) is 5.97 Å². The van der Waals surface area contributed by atoms with Gasteiger partial charge in [-0.1, -0.05) is 75.7 Å². The summed E-state index contributed by atoms with van der Waals surface area (Å²) in [4.78, 5) is 12.6. The summed E-state index contributed by atoms with van der Waals surface area (Å²) in [6.07, 6.45) is 0. The van der Waals surface area contributed by atoms with E-state index in [1.165, 1.54) is 0 Å². The Labute approximate surface area is 159 Å². The molecule has 2 aromatic carbocycles. The molecular formula is C22H27BrO2. The first kappa shape index (κ1) is 19.7. The molecule has 0 N–H and O–H groups in total. The van der Waals surface area contributed by atoms with Crippen LogP contribution in [0.2, 0.25) is 0 Å². The number of carbonyl (C=O) groups excluding carboxylic acids is 1. The number of hydrogen-bond acceptors (Lipinski definition) is 2. The second kappa shape index (κ2) is 7.33. The fraction of sp³-hybridized carbons (Fsp3) is 0.409. The third-order valence-electron chi connectivity index (χ3n) is 4.18. The van der Waals surface area contributed by atoms with Crippen LogP contribution in [0.25, 0.3) is 0 Å². The molecule has 2 nitrogen and oxygen atoms in total. The van der Waals surface area contributed by atoms with Gasteiger partial charge in [-0.25, -0.2) is 4.79 Å². The SMILES string of the molecule is CC(C)(C)c1cc(C(=O)OCc2ccc(Br)cc2)cc(C(C)(C)C)c1. The number of hydrogen-bond donors (Lipinski definition) is 0. The third kappa shape index (κ3) is 5.43. The molecule has 2 aromatic rings. The lowest BCUT2D eigenvalue weighted by Gasteiger charge is -2.25. The lowest BCUT2D eigenvalue weighted by atomic mass is 9.79. The van der Waals surface area contributed by atoms with Gasteiger partial charge in [0, 0.05) is 4.47 Å². The highest BCUT2D eigenvalue weighted by Crippen LogP contribution is 2.30. The molecule has 0 spiro atoms. The minimum absolute atomic E-state index is 0.0258. The second-order valence-corrected chi connectivity index (χ2v) is 9.42. The van der Waals surface area contributed by atoms with Crippen molar-refractivity contribution in [3.63, 3.8) is 0 Å². The third-order valence-corrected chi connectivity index (χ3v) is 4.71. The van der Waals surface area contributed by atoms with Crippen molar-refractivity contribution in [2.75, 3.05) is 0 Å². The highest BCUT2D eigenvalue weighted by Gasteiger charge is 2.22. The number of halogens is 1. The van der Waals surface area contributed by atoms with Gasteiger partial charge < -0.3 is 4.74 Å². The molecule has 0 aliphatic carbocycles. The van der Waals surface area contributed by atoms with Crippen LogP contribution in [0.3, 0.4) is 0 Å². The number of benzene rings is 2. The lowest BCUT2D eigenvalue weighted by Crippen LogP contribution is -2.18. The van der Waals surface area contributed by atoms with E-state index in [0.717, 1.165) is 21.2 Å². The molecule has 0 unspecified atom stereocenters. The first-order valence-electron chi connectivity index (χ1n) is 8.54. The van der Waals surface area contributed by atoms with Gasteiger partial charge in [0.1, 0.15) is 6.61 Å². The van der Waals surface area contributed by atoms with Crippen molar-refractivity contribution in [3.8, 4) is 0 Å². The fourth-order valence-corrected chi connectivity index (χ4v) is 2.69. The molecule has 0 bridgehead atoms. The Balaban J connectivity index is 2.27. The quantitative estimate of drug-likeness (QED) is 0.554. The van der Waals surface area contributed by atoms with E-state index in [0.29, 0.717) is 5.56 Å². The van der Waals surface area contributed by atoms with E-state index in [9.17, 15) is 4.79 Å². The van der Waals surface area contributed by atoms with Gasteiger partial charge in [-0.2, -0.15) is 0 Å². The van der Waals surface area contributed by atoms with Gasteiger partial charge in [0.05, 0.1) is 5.56 Å². The molecule has 0 saturated carbocycles. The van der Waals surface area contributed by atoms with E-state index in [1.54, 1.807) is 0 Å². The number of esters is 1. The summed E-state index contributed by atoms with van der Waals surface area (Å²) >= 11 is 3.41. The van der Waals surface area contributed by atoms with Crippen LogP contribution in [0.5, 0.6) is 0 Å². The van der Waals surface area contributed by atoms with Gasteiger partial charge in [0.15, 0.2) is 0 Å². The van der Waals surface area contributed by atoms with Gasteiger partial charge in [0.2, 0.25) is 0 Å². The van der Waals surface area contributed by atoms with Crippen LogP contribution in [0, 0.1) is 0 Å². The van der Waals surface area contributed by atoms with Crippen molar-refractivity contribution in [1.29, 1.82) is 0 Å². The van der Waals surface area contributed by atoms with E-state index in [-0.39, 0.29) is 23.4 Å². The molecular weight excluding hydrogens is 376 g/mol. The number of ether oxygens (including phenoxy) is 1. The standard InChI is InChI=1S/C22H27BrO2/c1-21(2,3)17-11-16(12-18(13-17)22(4,5)6)20(24)25-14-15-7-9-19(23)10-8-15/h7-13H,14H2,1-6H3. The van der Waals surface area contributed by atoms with Crippen LogP contribution in [0.4, 0.5) is 0 Å². The maximum absolute atomic E-state index is 12.6. The van der Waals surface area contributed by atoms with E-state index >= 15 is 0 Å². The van der Waals surface area contributed by atoms with Crippen LogP contribution < -0.4 is 0 Å². The zero-order valence-corrected chi connectivity index (χ0v) is 17.5. The molecule has 0 atom stereocenters. The molecule has 0 aliphatic heterocycles. The first-order valence-corrected chi connectivity index (χ1v) is 9.34. The summed E-state index contributed by atoms with van der Waals surface area (Å²) in [6, 6.07) is 13.9. The van der Waals surface area contributed by atoms with Crippen molar-refractivity contribution >= 4 is 21.9 Å². The number of carbonyl (C=O) groups is 1. The monoisotopic (exact) mass is 402 g/mol. The Hall–Kier alpha value is -1.61. The fourth-order valence-electron chi connectivity index (χ4n) is 2.42. The Bertz CT molecular complexity index is 715. The van der Waals surface area contributed by atoms with Crippen LogP contribution in [0.15, 0.2) is 46.9 Å². The lowest BCUT2D eigenvalue weighted by molar-refractivity contribution is 0.0472. The van der Waals surface area contributed by atoms with Crippen molar-refractivity contribution in [3.05, 3.63) is 69.2 Å². The van der Waals surface area contributed by atoms with Crippen LogP contribution in [0.1, 0.15) is 68.6 Å². The number of rotatable bonds is 3. The zero-order valence-electron chi connectivity index (χ0n) is 15.9. The van der Waals surface area contributed by atoms with E-state index < -0.39 is 0 Å². The highest BCUT2D eigenvalue weighted by atomic mass is 79.9. The van der Waals surface area contributed by atoms with E-state index in [4.69, 9.17) is 4.74 Å². The van der Waals surface area contributed by atoms with Crippen molar-refractivity contribution in [2.45, 2.75) is 59.0 Å². The summed E-state index contributed by atoms with van der Waals surface area (Å²) in [5, 5.41) is 0. The first-order chi connectivity index (χ1) is 11.5. The Morgan fingerprint density at radius 2 is 1.36 bits per heavy atom. The molecule has 0 aliphatic rings. The predicted octanol–water partition coefficient (Wildman–Crippen LogP) is 6.40. The average molecular weight is 403 g/mol.